The van der Waals surface area contributed by atoms with Crippen molar-refractivity contribution < 1.29 is 9.66 Å². The zero-order chi connectivity index (χ0) is 17.8. The smallest absolute Gasteiger partial charge is 0.292 e. The molecule has 0 atom stereocenters. The number of nitrogens with one attached hydrogen (secondary N) is 1. The normalized spacial score (nSPS) is 10.5. The Morgan fingerprint density at radius 2 is 2.16 bits per heavy atom. The molecule has 0 radical (unpaired) electrons. The summed E-state index contributed by atoms with van der Waals surface area (Å²) in [7, 11) is 1.62. The molecule has 0 saturated heterocycles. The Labute approximate surface area is 149 Å². The predicted molar refractivity (Wildman–Crippen MR) is 95.5 cm³/mol. The molecule has 3 rings (SSSR count). The number of aromatic nitrogens is 2. The van der Waals surface area contributed by atoms with Crippen molar-refractivity contribution in [3.63, 3.8) is 0 Å². The number of hydrogen-bond acceptors (Lipinski definition) is 5. The summed E-state index contributed by atoms with van der Waals surface area (Å²) in [4.78, 5) is 14.6. The zero-order valence-corrected chi connectivity index (χ0v) is 14.1. The Bertz CT molecular complexity index is 897. The van der Waals surface area contributed by atoms with Crippen molar-refractivity contribution in [3.05, 3.63) is 75.8 Å². The quantitative estimate of drug-likeness (QED) is 0.524. The molecule has 1 N–H and O–H groups in total. The lowest BCUT2D eigenvalue weighted by Gasteiger charge is -2.13. The van der Waals surface area contributed by atoms with Crippen molar-refractivity contribution in [2.75, 3.05) is 12.4 Å². The molecule has 0 bridgehead atoms. The number of nitro groups is 1. The summed E-state index contributed by atoms with van der Waals surface area (Å²) in [5.74, 6) is 1.11. The van der Waals surface area contributed by atoms with Gasteiger partial charge in [-0.3, -0.25) is 10.1 Å². The van der Waals surface area contributed by atoms with E-state index in [-0.39, 0.29) is 5.69 Å². The number of imidazole rings is 1. The Morgan fingerprint density at radius 1 is 1.32 bits per heavy atom. The molecule has 0 aliphatic rings. The van der Waals surface area contributed by atoms with E-state index in [1.54, 1.807) is 43.8 Å². The van der Waals surface area contributed by atoms with Gasteiger partial charge in [-0.15, -0.1) is 0 Å². The van der Waals surface area contributed by atoms with Gasteiger partial charge in [0.15, 0.2) is 0 Å². The Balaban J connectivity index is 1.91. The van der Waals surface area contributed by atoms with Crippen LogP contribution in [0.1, 0.15) is 5.56 Å². The molecular formula is C17H15ClN4O3. The first-order valence-corrected chi connectivity index (χ1v) is 7.83. The molecule has 1 heterocycles. The summed E-state index contributed by atoms with van der Waals surface area (Å²) in [5.41, 5.74) is 1.24. The predicted octanol–water partition coefficient (Wildman–Crippen LogP) is 4.33. The zero-order valence-electron chi connectivity index (χ0n) is 13.3. The maximum Gasteiger partial charge on any atom is 0.292 e. The van der Waals surface area contributed by atoms with Gasteiger partial charge in [0.1, 0.15) is 17.2 Å². The van der Waals surface area contributed by atoms with E-state index in [1.807, 2.05) is 16.8 Å². The van der Waals surface area contributed by atoms with Crippen LogP contribution in [-0.2, 0) is 6.54 Å². The first-order chi connectivity index (χ1) is 12.1. The molecule has 0 aliphatic carbocycles. The number of halogens is 1. The van der Waals surface area contributed by atoms with Crippen LogP contribution in [0.2, 0.25) is 5.02 Å². The molecule has 0 fully saturated rings. The van der Waals surface area contributed by atoms with Gasteiger partial charge in [-0.1, -0.05) is 11.6 Å². The number of nitro benzene ring substituents is 1. The highest BCUT2D eigenvalue weighted by atomic mass is 35.5. The van der Waals surface area contributed by atoms with E-state index >= 15 is 0 Å². The Hall–Kier alpha value is -3.06. The van der Waals surface area contributed by atoms with Crippen LogP contribution >= 0.6 is 11.6 Å². The molecule has 0 spiro atoms. The minimum atomic E-state index is -0.442. The van der Waals surface area contributed by atoms with Crippen LogP contribution in [0.4, 0.5) is 11.4 Å². The van der Waals surface area contributed by atoms with E-state index in [9.17, 15) is 10.1 Å². The average molecular weight is 359 g/mol. The molecule has 3 aromatic rings. The lowest BCUT2D eigenvalue weighted by atomic mass is 10.2. The average Bonchev–Trinajstić information content (AvgIpc) is 3.10. The van der Waals surface area contributed by atoms with Crippen molar-refractivity contribution in [1.82, 2.24) is 9.55 Å². The van der Waals surface area contributed by atoms with Crippen LogP contribution in [0.25, 0.3) is 0 Å². The fourth-order valence-corrected chi connectivity index (χ4v) is 2.61. The SMILES string of the molecule is CNc1cc(Oc2ccc(Cl)cc2Cn2ccnc2)ccc1[N+](=O)[O-]. The first-order valence-electron chi connectivity index (χ1n) is 7.45. The van der Waals surface area contributed by atoms with Crippen molar-refractivity contribution >= 4 is 23.0 Å². The maximum atomic E-state index is 11.0. The molecule has 1 aromatic heterocycles. The van der Waals surface area contributed by atoms with Crippen molar-refractivity contribution in [1.29, 1.82) is 0 Å². The van der Waals surface area contributed by atoms with Crippen LogP contribution in [0.3, 0.4) is 0 Å². The molecule has 0 amide bonds. The second kappa shape index (κ2) is 7.23. The van der Waals surface area contributed by atoms with Gasteiger partial charge in [-0.2, -0.15) is 0 Å². The van der Waals surface area contributed by atoms with Gasteiger partial charge in [0.2, 0.25) is 0 Å². The Kier molecular flexibility index (Phi) is 4.85. The highest BCUT2D eigenvalue weighted by Gasteiger charge is 2.14. The summed E-state index contributed by atoms with van der Waals surface area (Å²) in [6.07, 6.45) is 5.24. The number of anilines is 1. The minimum absolute atomic E-state index is 0.00963. The molecule has 0 unspecified atom stereocenters. The van der Waals surface area contributed by atoms with E-state index in [0.29, 0.717) is 28.8 Å². The maximum absolute atomic E-state index is 11.0. The van der Waals surface area contributed by atoms with Gasteiger partial charge in [0.25, 0.3) is 5.69 Å². The summed E-state index contributed by atoms with van der Waals surface area (Å²) < 4.78 is 7.83. The van der Waals surface area contributed by atoms with Gasteiger partial charge in [0.05, 0.1) is 17.8 Å². The van der Waals surface area contributed by atoms with Crippen LogP contribution in [0.15, 0.2) is 55.1 Å². The van der Waals surface area contributed by atoms with Gasteiger partial charge in [0, 0.05) is 42.2 Å². The molecule has 7 nitrogen and oxygen atoms in total. The molecule has 2 aromatic carbocycles. The molecule has 128 valence electrons. The first kappa shape index (κ1) is 16.8. The Morgan fingerprint density at radius 3 is 2.84 bits per heavy atom. The van der Waals surface area contributed by atoms with Crippen LogP contribution in [-0.4, -0.2) is 21.5 Å². The summed E-state index contributed by atoms with van der Waals surface area (Å²) in [6.45, 7) is 0.543. The fourth-order valence-electron chi connectivity index (χ4n) is 2.41. The second-order valence-corrected chi connectivity index (χ2v) is 5.71. The number of nitrogens with zero attached hydrogens (tertiary/aromatic N) is 3. The molecule has 25 heavy (non-hydrogen) atoms. The molecule has 8 heteroatoms. The van der Waals surface area contributed by atoms with E-state index in [1.165, 1.54) is 6.07 Å². The minimum Gasteiger partial charge on any atom is -0.457 e. The summed E-state index contributed by atoms with van der Waals surface area (Å²) in [5, 5.41) is 14.4. The van der Waals surface area contributed by atoms with Crippen LogP contribution in [0.5, 0.6) is 11.5 Å². The third-order valence-electron chi connectivity index (χ3n) is 3.60. The topological polar surface area (TPSA) is 82.2 Å². The third kappa shape index (κ3) is 3.89. The monoisotopic (exact) mass is 358 g/mol. The van der Waals surface area contributed by atoms with Gasteiger partial charge < -0.3 is 14.6 Å². The second-order valence-electron chi connectivity index (χ2n) is 5.28. The van der Waals surface area contributed by atoms with Gasteiger partial charge in [-0.25, -0.2) is 4.98 Å². The number of rotatable bonds is 6. The highest BCUT2D eigenvalue weighted by molar-refractivity contribution is 6.30. The molecule has 0 aliphatic heterocycles. The van der Waals surface area contributed by atoms with E-state index < -0.39 is 4.92 Å². The van der Waals surface area contributed by atoms with E-state index in [2.05, 4.69) is 10.3 Å². The summed E-state index contributed by atoms with van der Waals surface area (Å²) >= 11 is 6.10. The largest absolute Gasteiger partial charge is 0.457 e. The third-order valence-corrected chi connectivity index (χ3v) is 3.83. The fraction of sp³-hybridized carbons (Fsp3) is 0.118. The molecular weight excluding hydrogens is 344 g/mol. The molecule has 0 saturated carbocycles. The van der Waals surface area contributed by atoms with Gasteiger partial charge >= 0.3 is 0 Å². The van der Waals surface area contributed by atoms with Crippen molar-refractivity contribution in [2.24, 2.45) is 0 Å². The van der Waals surface area contributed by atoms with Crippen molar-refractivity contribution in [2.45, 2.75) is 6.54 Å². The van der Waals surface area contributed by atoms with E-state index in [4.69, 9.17) is 16.3 Å². The number of ether oxygens (including phenoxy) is 1. The van der Waals surface area contributed by atoms with E-state index in [0.717, 1.165) is 5.56 Å². The van der Waals surface area contributed by atoms with Crippen LogP contribution in [0, 0.1) is 10.1 Å². The lowest BCUT2D eigenvalue weighted by Crippen LogP contribution is -2.00. The van der Waals surface area contributed by atoms with Gasteiger partial charge in [-0.05, 0) is 24.3 Å². The lowest BCUT2D eigenvalue weighted by molar-refractivity contribution is -0.384. The van der Waals surface area contributed by atoms with Crippen LogP contribution < -0.4 is 10.1 Å². The standard InChI is InChI=1S/C17H15ClN4O3/c1-19-15-9-14(3-4-16(15)22(23)24)25-17-5-2-13(18)8-12(17)10-21-7-6-20-11-21/h2-9,11,19H,10H2,1H3. The number of hydrogen-bond donors (Lipinski definition) is 1. The summed E-state index contributed by atoms with van der Waals surface area (Å²) in [6, 6.07) is 9.89. The highest BCUT2D eigenvalue weighted by Crippen LogP contribution is 2.33. The number of benzene rings is 2. The van der Waals surface area contributed by atoms with Crippen molar-refractivity contribution in [3.8, 4) is 11.5 Å².